The van der Waals surface area contributed by atoms with E-state index in [1.54, 1.807) is 0 Å². The number of nitrogens with two attached hydrogens (primary N) is 1. The molecule has 2 unspecified atom stereocenters. The Morgan fingerprint density at radius 1 is 1.30 bits per heavy atom. The standard InChI is InChI=1S/C17H28N2O/c1-14(16-6-4-3-5-7-16)17(12-18)19(2)10-11-20-13-15-8-9-15/h3-7,14-15,17H,8-13,18H2,1-2H3. The summed E-state index contributed by atoms with van der Waals surface area (Å²) in [5.41, 5.74) is 7.35. The molecule has 0 heterocycles. The number of rotatable bonds is 9. The Hall–Kier alpha value is -0.900. The van der Waals surface area contributed by atoms with Crippen molar-refractivity contribution >= 4 is 0 Å². The van der Waals surface area contributed by atoms with Gasteiger partial charge in [-0.3, -0.25) is 4.90 Å². The molecule has 0 saturated heterocycles. The highest BCUT2D eigenvalue weighted by Gasteiger charge is 2.23. The highest BCUT2D eigenvalue weighted by Crippen LogP contribution is 2.28. The number of hydrogen-bond acceptors (Lipinski definition) is 3. The first-order valence-corrected chi connectivity index (χ1v) is 7.75. The Bertz CT molecular complexity index is 378. The minimum absolute atomic E-state index is 0.363. The van der Waals surface area contributed by atoms with E-state index in [-0.39, 0.29) is 0 Å². The lowest BCUT2D eigenvalue weighted by molar-refractivity contribution is 0.0886. The van der Waals surface area contributed by atoms with E-state index in [1.807, 2.05) is 0 Å². The lowest BCUT2D eigenvalue weighted by atomic mass is 9.92. The highest BCUT2D eigenvalue weighted by atomic mass is 16.5. The van der Waals surface area contributed by atoms with Crippen LogP contribution in [0.3, 0.4) is 0 Å². The fourth-order valence-corrected chi connectivity index (χ4v) is 2.65. The van der Waals surface area contributed by atoms with E-state index in [2.05, 4.69) is 49.2 Å². The molecular formula is C17H28N2O. The zero-order valence-corrected chi connectivity index (χ0v) is 12.8. The van der Waals surface area contributed by atoms with E-state index in [1.165, 1.54) is 18.4 Å². The van der Waals surface area contributed by atoms with Crippen molar-refractivity contribution in [3.8, 4) is 0 Å². The molecule has 1 saturated carbocycles. The van der Waals surface area contributed by atoms with Crippen molar-refractivity contribution < 1.29 is 4.74 Å². The molecular weight excluding hydrogens is 248 g/mol. The van der Waals surface area contributed by atoms with Crippen LogP contribution >= 0.6 is 0 Å². The molecule has 0 amide bonds. The van der Waals surface area contributed by atoms with Gasteiger partial charge in [0.25, 0.3) is 0 Å². The summed E-state index contributed by atoms with van der Waals surface area (Å²) in [6, 6.07) is 11.0. The predicted molar refractivity (Wildman–Crippen MR) is 83.9 cm³/mol. The molecule has 112 valence electrons. The Morgan fingerprint density at radius 2 is 2.00 bits per heavy atom. The lowest BCUT2D eigenvalue weighted by Crippen LogP contribution is -2.43. The third-order valence-electron chi connectivity index (χ3n) is 4.35. The van der Waals surface area contributed by atoms with Crippen LogP contribution in [-0.2, 0) is 4.74 Å². The van der Waals surface area contributed by atoms with Crippen molar-refractivity contribution in [2.75, 3.05) is 33.4 Å². The Balaban J connectivity index is 1.79. The van der Waals surface area contributed by atoms with Gasteiger partial charge in [-0.1, -0.05) is 37.3 Å². The second kappa shape index (κ2) is 7.77. The van der Waals surface area contributed by atoms with Crippen LogP contribution in [-0.4, -0.2) is 44.3 Å². The minimum atomic E-state index is 0.363. The van der Waals surface area contributed by atoms with Gasteiger partial charge in [-0.15, -0.1) is 0 Å². The Kier molecular flexibility index (Phi) is 6.02. The normalized spacial score (nSPS) is 18.2. The summed E-state index contributed by atoms with van der Waals surface area (Å²) < 4.78 is 5.73. The molecule has 2 N–H and O–H groups in total. The average Bonchev–Trinajstić information content (AvgIpc) is 3.29. The largest absolute Gasteiger partial charge is 0.380 e. The van der Waals surface area contributed by atoms with Gasteiger partial charge in [0.15, 0.2) is 0 Å². The van der Waals surface area contributed by atoms with Gasteiger partial charge in [0, 0.05) is 25.7 Å². The van der Waals surface area contributed by atoms with E-state index in [4.69, 9.17) is 10.5 Å². The number of benzene rings is 1. The molecule has 1 aromatic carbocycles. The smallest absolute Gasteiger partial charge is 0.0593 e. The van der Waals surface area contributed by atoms with E-state index in [9.17, 15) is 0 Å². The third kappa shape index (κ3) is 4.58. The molecule has 1 aliphatic carbocycles. The van der Waals surface area contributed by atoms with Crippen LogP contribution in [0.25, 0.3) is 0 Å². The molecule has 0 aromatic heterocycles. The summed E-state index contributed by atoms with van der Waals surface area (Å²) in [6.07, 6.45) is 2.71. The minimum Gasteiger partial charge on any atom is -0.380 e. The average molecular weight is 276 g/mol. The first-order chi connectivity index (χ1) is 9.72. The van der Waals surface area contributed by atoms with E-state index >= 15 is 0 Å². The zero-order chi connectivity index (χ0) is 14.4. The SMILES string of the molecule is CC(c1ccccc1)C(CN)N(C)CCOCC1CC1. The van der Waals surface area contributed by atoms with Crippen LogP contribution in [0.5, 0.6) is 0 Å². The van der Waals surface area contributed by atoms with Gasteiger partial charge < -0.3 is 10.5 Å². The van der Waals surface area contributed by atoms with Crippen LogP contribution in [0, 0.1) is 5.92 Å². The van der Waals surface area contributed by atoms with Crippen molar-refractivity contribution in [1.29, 1.82) is 0 Å². The summed E-state index contributed by atoms with van der Waals surface area (Å²) in [7, 11) is 2.15. The van der Waals surface area contributed by atoms with Gasteiger partial charge in [-0.2, -0.15) is 0 Å². The van der Waals surface area contributed by atoms with Gasteiger partial charge in [-0.25, -0.2) is 0 Å². The Morgan fingerprint density at radius 3 is 2.60 bits per heavy atom. The van der Waals surface area contributed by atoms with E-state index in [0.717, 1.165) is 25.7 Å². The van der Waals surface area contributed by atoms with Crippen LogP contribution in [0.4, 0.5) is 0 Å². The van der Waals surface area contributed by atoms with Crippen molar-refractivity contribution in [2.45, 2.75) is 31.7 Å². The molecule has 2 atom stereocenters. The van der Waals surface area contributed by atoms with Crippen molar-refractivity contribution in [3.63, 3.8) is 0 Å². The lowest BCUT2D eigenvalue weighted by Gasteiger charge is -2.32. The summed E-state index contributed by atoms with van der Waals surface area (Å²) in [4.78, 5) is 2.34. The number of nitrogens with zero attached hydrogens (tertiary/aromatic N) is 1. The summed E-state index contributed by atoms with van der Waals surface area (Å²) >= 11 is 0. The number of ether oxygens (including phenoxy) is 1. The summed E-state index contributed by atoms with van der Waals surface area (Å²) in [5.74, 6) is 1.28. The molecule has 3 nitrogen and oxygen atoms in total. The van der Waals surface area contributed by atoms with Crippen LogP contribution in [0.15, 0.2) is 30.3 Å². The monoisotopic (exact) mass is 276 g/mol. The van der Waals surface area contributed by atoms with Crippen molar-refractivity contribution in [2.24, 2.45) is 11.7 Å². The quantitative estimate of drug-likeness (QED) is 0.704. The van der Waals surface area contributed by atoms with Crippen LogP contribution in [0.1, 0.15) is 31.2 Å². The van der Waals surface area contributed by atoms with Gasteiger partial charge in [-0.05, 0) is 37.3 Å². The molecule has 1 aliphatic rings. The second-order valence-corrected chi connectivity index (χ2v) is 6.00. The van der Waals surface area contributed by atoms with Gasteiger partial charge in [0.2, 0.25) is 0 Å². The molecule has 0 bridgehead atoms. The number of hydrogen-bond donors (Lipinski definition) is 1. The third-order valence-corrected chi connectivity index (χ3v) is 4.35. The van der Waals surface area contributed by atoms with Crippen LogP contribution < -0.4 is 5.73 Å². The molecule has 3 heteroatoms. The summed E-state index contributed by atoms with van der Waals surface area (Å²) in [5, 5.41) is 0. The summed E-state index contributed by atoms with van der Waals surface area (Å²) in [6.45, 7) is 5.63. The second-order valence-electron chi connectivity index (χ2n) is 6.00. The Labute approximate surface area is 123 Å². The molecule has 2 rings (SSSR count). The molecule has 20 heavy (non-hydrogen) atoms. The molecule has 1 fully saturated rings. The number of likely N-dealkylation sites (N-methyl/N-ethyl adjacent to an activating group) is 1. The fraction of sp³-hybridized carbons (Fsp3) is 0.647. The van der Waals surface area contributed by atoms with Gasteiger partial charge in [0.05, 0.1) is 6.61 Å². The van der Waals surface area contributed by atoms with E-state index < -0.39 is 0 Å². The molecule has 1 aromatic rings. The molecule has 0 spiro atoms. The molecule has 0 aliphatic heterocycles. The highest BCUT2D eigenvalue weighted by molar-refractivity contribution is 5.20. The first kappa shape index (κ1) is 15.5. The molecule has 0 radical (unpaired) electrons. The topological polar surface area (TPSA) is 38.5 Å². The van der Waals surface area contributed by atoms with Crippen LogP contribution in [0.2, 0.25) is 0 Å². The fourth-order valence-electron chi connectivity index (χ4n) is 2.65. The van der Waals surface area contributed by atoms with Gasteiger partial charge >= 0.3 is 0 Å². The first-order valence-electron chi connectivity index (χ1n) is 7.75. The predicted octanol–water partition coefficient (Wildman–Crippen LogP) is 2.48. The zero-order valence-electron chi connectivity index (χ0n) is 12.8. The van der Waals surface area contributed by atoms with Gasteiger partial charge in [0.1, 0.15) is 0 Å². The maximum atomic E-state index is 5.99. The van der Waals surface area contributed by atoms with Crippen molar-refractivity contribution in [3.05, 3.63) is 35.9 Å². The van der Waals surface area contributed by atoms with Crippen molar-refractivity contribution in [1.82, 2.24) is 4.90 Å². The van der Waals surface area contributed by atoms with E-state index in [0.29, 0.717) is 18.5 Å². The maximum Gasteiger partial charge on any atom is 0.0593 e. The maximum absolute atomic E-state index is 5.99.